The van der Waals surface area contributed by atoms with E-state index in [2.05, 4.69) is 20.2 Å². The normalized spacial score (nSPS) is 18.8. The molecule has 136 valence electrons. The van der Waals surface area contributed by atoms with E-state index in [1.54, 1.807) is 6.07 Å². The predicted molar refractivity (Wildman–Crippen MR) is 95.7 cm³/mol. The van der Waals surface area contributed by atoms with Crippen molar-refractivity contribution in [3.8, 4) is 0 Å². The van der Waals surface area contributed by atoms with Crippen LogP contribution in [0.3, 0.4) is 0 Å². The number of piperidine rings is 1. The third kappa shape index (κ3) is 3.68. The maximum atomic E-state index is 12.4. The molecule has 0 atom stereocenters. The molecular formula is C19H22N4O3. The molecule has 0 aliphatic carbocycles. The van der Waals surface area contributed by atoms with Gasteiger partial charge in [-0.3, -0.25) is 4.79 Å². The van der Waals surface area contributed by atoms with E-state index in [1.165, 1.54) is 6.33 Å². The van der Waals surface area contributed by atoms with Gasteiger partial charge < -0.3 is 19.7 Å². The van der Waals surface area contributed by atoms with Crippen LogP contribution < -0.4 is 10.2 Å². The molecule has 3 heterocycles. The van der Waals surface area contributed by atoms with Crippen molar-refractivity contribution in [2.45, 2.75) is 25.2 Å². The number of benzene rings is 1. The Morgan fingerprint density at radius 1 is 1.12 bits per heavy atom. The van der Waals surface area contributed by atoms with E-state index in [9.17, 15) is 4.79 Å². The van der Waals surface area contributed by atoms with Gasteiger partial charge in [0.1, 0.15) is 17.8 Å². The van der Waals surface area contributed by atoms with Gasteiger partial charge in [-0.2, -0.15) is 0 Å². The van der Waals surface area contributed by atoms with Gasteiger partial charge in [0.05, 0.1) is 13.2 Å². The zero-order valence-electron chi connectivity index (χ0n) is 14.6. The van der Waals surface area contributed by atoms with Gasteiger partial charge in [0.2, 0.25) is 0 Å². The van der Waals surface area contributed by atoms with Crippen LogP contribution in [0.4, 0.5) is 5.82 Å². The van der Waals surface area contributed by atoms with Crippen molar-refractivity contribution in [3.05, 3.63) is 54.0 Å². The number of hydrogen-bond acceptors (Lipinski definition) is 6. The van der Waals surface area contributed by atoms with Crippen LogP contribution >= 0.6 is 0 Å². The second kappa shape index (κ2) is 7.39. The summed E-state index contributed by atoms with van der Waals surface area (Å²) >= 11 is 0. The summed E-state index contributed by atoms with van der Waals surface area (Å²) < 4.78 is 11.5. The van der Waals surface area contributed by atoms with Crippen LogP contribution in [0.2, 0.25) is 0 Å². The fourth-order valence-electron chi connectivity index (χ4n) is 3.38. The van der Waals surface area contributed by atoms with Crippen molar-refractivity contribution < 1.29 is 14.3 Å². The molecule has 2 aliphatic rings. The highest BCUT2D eigenvalue weighted by atomic mass is 16.7. The lowest BCUT2D eigenvalue weighted by atomic mass is 10.0. The monoisotopic (exact) mass is 354 g/mol. The molecule has 0 unspecified atom stereocenters. The van der Waals surface area contributed by atoms with Crippen molar-refractivity contribution in [1.82, 2.24) is 15.3 Å². The molecule has 7 nitrogen and oxygen atoms in total. The molecular weight excluding hydrogens is 332 g/mol. The fourth-order valence-corrected chi connectivity index (χ4v) is 3.38. The fraction of sp³-hybridized carbons (Fsp3) is 0.421. The molecule has 1 aromatic carbocycles. The number of rotatable bonds is 4. The molecule has 0 bridgehead atoms. The van der Waals surface area contributed by atoms with Crippen LogP contribution in [0.15, 0.2) is 42.7 Å². The Morgan fingerprint density at radius 2 is 1.85 bits per heavy atom. The molecule has 4 rings (SSSR count). The van der Waals surface area contributed by atoms with Crippen LogP contribution in [-0.2, 0) is 16.0 Å². The zero-order chi connectivity index (χ0) is 17.8. The van der Waals surface area contributed by atoms with Gasteiger partial charge in [-0.15, -0.1) is 0 Å². The first-order valence-corrected chi connectivity index (χ1v) is 8.91. The average Bonchev–Trinajstić information content (AvgIpc) is 3.15. The van der Waals surface area contributed by atoms with Gasteiger partial charge in [-0.05, 0) is 5.56 Å². The summed E-state index contributed by atoms with van der Waals surface area (Å²) in [5, 5.41) is 2.90. The number of carbonyl (C=O) groups excluding carboxylic acids is 1. The Balaban J connectivity index is 1.38. The largest absolute Gasteiger partial charge is 0.356 e. The molecule has 2 saturated heterocycles. The molecule has 1 aromatic heterocycles. The lowest BCUT2D eigenvalue weighted by Gasteiger charge is -2.38. The number of aromatic nitrogens is 2. The molecule has 2 fully saturated rings. The highest BCUT2D eigenvalue weighted by molar-refractivity contribution is 5.92. The Hall–Kier alpha value is -2.51. The Kier molecular flexibility index (Phi) is 4.81. The quantitative estimate of drug-likeness (QED) is 0.901. The van der Waals surface area contributed by atoms with E-state index in [-0.39, 0.29) is 5.91 Å². The third-order valence-corrected chi connectivity index (χ3v) is 4.84. The molecule has 26 heavy (non-hydrogen) atoms. The number of carbonyl (C=O) groups is 1. The maximum Gasteiger partial charge on any atom is 0.270 e. The standard InChI is InChI=1S/C19H22N4O3/c24-18(20-13-15-4-2-1-3-5-15)16-12-17(22-14-21-16)23-8-6-19(7-9-23)25-10-11-26-19/h1-5,12,14H,6-11,13H2,(H,20,24). The first-order valence-electron chi connectivity index (χ1n) is 8.91. The second-order valence-corrected chi connectivity index (χ2v) is 6.52. The predicted octanol–water partition coefficient (Wildman–Crippen LogP) is 1.75. The van der Waals surface area contributed by atoms with Crippen molar-refractivity contribution in [1.29, 1.82) is 0 Å². The Labute approximate surface area is 152 Å². The Bertz CT molecular complexity index is 752. The highest BCUT2D eigenvalue weighted by Gasteiger charge is 2.40. The topological polar surface area (TPSA) is 76.6 Å². The van der Waals surface area contributed by atoms with Gasteiger partial charge >= 0.3 is 0 Å². The van der Waals surface area contributed by atoms with E-state index in [0.717, 1.165) is 37.3 Å². The number of nitrogens with zero attached hydrogens (tertiary/aromatic N) is 3. The first kappa shape index (κ1) is 16.9. The van der Waals surface area contributed by atoms with Crippen LogP contribution in [-0.4, -0.2) is 48.0 Å². The molecule has 1 spiro atoms. The lowest BCUT2D eigenvalue weighted by molar-refractivity contribution is -0.169. The van der Waals surface area contributed by atoms with Gasteiger partial charge in [-0.1, -0.05) is 30.3 Å². The summed E-state index contributed by atoms with van der Waals surface area (Å²) in [4.78, 5) is 23.0. The van der Waals surface area contributed by atoms with E-state index in [0.29, 0.717) is 25.5 Å². The van der Waals surface area contributed by atoms with E-state index < -0.39 is 5.79 Å². The lowest BCUT2D eigenvalue weighted by Crippen LogP contribution is -2.45. The summed E-state index contributed by atoms with van der Waals surface area (Å²) in [5.74, 6) is 0.144. The van der Waals surface area contributed by atoms with Gasteiger partial charge in [0.25, 0.3) is 5.91 Å². The number of hydrogen-bond donors (Lipinski definition) is 1. The molecule has 0 radical (unpaired) electrons. The number of nitrogens with one attached hydrogen (secondary N) is 1. The van der Waals surface area contributed by atoms with E-state index in [1.807, 2.05) is 30.3 Å². The molecule has 1 N–H and O–H groups in total. The van der Waals surface area contributed by atoms with Crippen LogP contribution in [0.1, 0.15) is 28.9 Å². The smallest absolute Gasteiger partial charge is 0.270 e. The van der Waals surface area contributed by atoms with Crippen molar-refractivity contribution in [3.63, 3.8) is 0 Å². The van der Waals surface area contributed by atoms with Crippen molar-refractivity contribution in [2.75, 3.05) is 31.2 Å². The minimum absolute atomic E-state index is 0.201. The first-order chi connectivity index (χ1) is 12.7. The summed E-state index contributed by atoms with van der Waals surface area (Å²) in [7, 11) is 0. The van der Waals surface area contributed by atoms with E-state index in [4.69, 9.17) is 9.47 Å². The Morgan fingerprint density at radius 3 is 2.58 bits per heavy atom. The minimum Gasteiger partial charge on any atom is -0.356 e. The highest BCUT2D eigenvalue weighted by Crippen LogP contribution is 2.32. The molecule has 2 aromatic rings. The van der Waals surface area contributed by atoms with Gasteiger partial charge in [0, 0.05) is 38.5 Å². The van der Waals surface area contributed by atoms with Crippen LogP contribution in [0.25, 0.3) is 0 Å². The maximum absolute atomic E-state index is 12.4. The van der Waals surface area contributed by atoms with Gasteiger partial charge in [-0.25, -0.2) is 9.97 Å². The van der Waals surface area contributed by atoms with E-state index >= 15 is 0 Å². The van der Waals surface area contributed by atoms with Gasteiger partial charge in [0.15, 0.2) is 5.79 Å². The number of anilines is 1. The molecule has 2 aliphatic heterocycles. The number of ether oxygens (including phenoxy) is 2. The van der Waals surface area contributed by atoms with Crippen molar-refractivity contribution >= 4 is 11.7 Å². The summed E-state index contributed by atoms with van der Waals surface area (Å²) in [6.07, 6.45) is 3.04. The van der Waals surface area contributed by atoms with Crippen LogP contribution in [0.5, 0.6) is 0 Å². The second-order valence-electron chi connectivity index (χ2n) is 6.52. The molecule has 7 heteroatoms. The SMILES string of the molecule is O=C(NCc1ccccc1)c1cc(N2CCC3(CC2)OCCO3)ncn1. The van der Waals surface area contributed by atoms with Crippen LogP contribution in [0, 0.1) is 0 Å². The summed E-state index contributed by atoms with van der Waals surface area (Å²) in [5.41, 5.74) is 1.42. The molecule has 1 amide bonds. The number of amides is 1. The summed E-state index contributed by atoms with van der Waals surface area (Å²) in [6, 6.07) is 11.5. The minimum atomic E-state index is -0.417. The van der Waals surface area contributed by atoms with Crippen molar-refractivity contribution in [2.24, 2.45) is 0 Å². The average molecular weight is 354 g/mol. The third-order valence-electron chi connectivity index (χ3n) is 4.84. The summed E-state index contributed by atoms with van der Waals surface area (Å²) in [6.45, 7) is 3.36. The zero-order valence-corrected chi connectivity index (χ0v) is 14.6. The molecule has 0 saturated carbocycles.